The third-order valence-electron chi connectivity index (χ3n) is 3.58. The van der Waals surface area contributed by atoms with Crippen molar-refractivity contribution in [3.8, 4) is 11.5 Å². The molecule has 4 N–H and O–H groups in total. The molecule has 2 aromatic carbocycles. The molecule has 0 unspecified atom stereocenters. The number of methoxy groups -OCH3 is 2. The van der Waals surface area contributed by atoms with Crippen LogP contribution in [0.5, 0.6) is 11.5 Å². The summed E-state index contributed by atoms with van der Waals surface area (Å²) >= 11 is 7.15. The molecular formula is C20H22ClN3O4S. The zero-order valence-corrected chi connectivity index (χ0v) is 17.8. The molecule has 1 heterocycles. The molecule has 3 aromatic rings. The summed E-state index contributed by atoms with van der Waals surface area (Å²) in [5.41, 5.74) is 7.14. The van der Waals surface area contributed by atoms with Gasteiger partial charge in [0.2, 0.25) is 5.78 Å². The summed E-state index contributed by atoms with van der Waals surface area (Å²) in [5.74, 6) is 0.947. The van der Waals surface area contributed by atoms with Crippen LogP contribution in [0.25, 0.3) is 0 Å². The van der Waals surface area contributed by atoms with Gasteiger partial charge in [0.15, 0.2) is 16.6 Å². The van der Waals surface area contributed by atoms with Crippen molar-refractivity contribution in [3.63, 3.8) is 0 Å². The Morgan fingerprint density at radius 2 is 1.90 bits per heavy atom. The van der Waals surface area contributed by atoms with Gasteiger partial charge in [-0.25, -0.2) is 4.98 Å². The minimum atomic E-state index is -0.236. The van der Waals surface area contributed by atoms with Crippen molar-refractivity contribution in [2.24, 2.45) is 0 Å². The van der Waals surface area contributed by atoms with E-state index in [9.17, 15) is 4.79 Å². The quantitative estimate of drug-likeness (QED) is 0.493. The number of thiazole rings is 1. The molecule has 0 saturated heterocycles. The van der Waals surface area contributed by atoms with E-state index in [0.717, 1.165) is 5.69 Å². The third kappa shape index (κ3) is 5.83. The van der Waals surface area contributed by atoms with Crippen LogP contribution in [-0.2, 0) is 0 Å². The van der Waals surface area contributed by atoms with E-state index in [2.05, 4.69) is 10.3 Å². The molecule has 154 valence electrons. The third-order valence-corrected chi connectivity index (χ3v) is 4.80. The molecule has 3 rings (SSSR count). The summed E-state index contributed by atoms with van der Waals surface area (Å²) in [6, 6.07) is 12.1. The van der Waals surface area contributed by atoms with Crippen LogP contribution in [0.4, 0.5) is 16.6 Å². The highest BCUT2D eigenvalue weighted by atomic mass is 35.5. The molecule has 1 aromatic heterocycles. The normalized spacial score (nSPS) is 9.97. The topological polar surface area (TPSA) is 107 Å². The van der Waals surface area contributed by atoms with Crippen molar-refractivity contribution in [2.75, 3.05) is 31.9 Å². The van der Waals surface area contributed by atoms with Crippen molar-refractivity contribution in [2.45, 2.75) is 6.92 Å². The van der Waals surface area contributed by atoms with Gasteiger partial charge in [-0.15, -0.1) is 0 Å². The number of nitrogen functional groups attached to an aromatic ring is 1. The van der Waals surface area contributed by atoms with Gasteiger partial charge in [-0.2, -0.15) is 0 Å². The molecule has 0 bridgehead atoms. The molecule has 0 aliphatic heterocycles. The molecule has 0 aliphatic carbocycles. The first kappa shape index (κ1) is 22.5. The van der Waals surface area contributed by atoms with Gasteiger partial charge in [0.05, 0.1) is 14.2 Å². The first-order chi connectivity index (χ1) is 13.9. The number of ether oxygens (including phenoxy) is 2. The molecule has 0 radical (unpaired) electrons. The van der Waals surface area contributed by atoms with E-state index in [0.29, 0.717) is 32.1 Å². The van der Waals surface area contributed by atoms with E-state index >= 15 is 0 Å². The number of hydrogen-bond donors (Lipinski definition) is 3. The predicted molar refractivity (Wildman–Crippen MR) is 117 cm³/mol. The summed E-state index contributed by atoms with van der Waals surface area (Å²) < 4.78 is 10.4. The van der Waals surface area contributed by atoms with E-state index in [4.69, 9.17) is 31.9 Å². The number of nitrogens with one attached hydrogen (secondary N) is 1. The highest BCUT2D eigenvalue weighted by Gasteiger charge is 2.19. The Morgan fingerprint density at radius 3 is 2.52 bits per heavy atom. The van der Waals surface area contributed by atoms with Crippen LogP contribution in [0.3, 0.4) is 0 Å². The molecule has 0 saturated carbocycles. The Kier molecular flexibility index (Phi) is 8.26. The summed E-state index contributed by atoms with van der Waals surface area (Å²) in [6.45, 7) is 1.93. The van der Waals surface area contributed by atoms with Crippen LogP contribution >= 0.6 is 22.9 Å². The Balaban J connectivity index is 0.000000941. The number of carbonyl (C=O) groups excluding carboxylic acids is 1. The first-order valence-electron chi connectivity index (χ1n) is 8.59. The minimum Gasteiger partial charge on any atom is -0.493 e. The number of rotatable bonds is 6. The lowest BCUT2D eigenvalue weighted by Gasteiger charge is -2.08. The zero-order chi connectivity index (χ0) is 21.4. The summed E-state index contributed by atoms with van der Waals surface area (Å²) in [6.07, 6.45) is 0. The van der Waals surface area contributed by atoms with E-state index in [-0.39, 0.29) is 18.2 Å². The van der Waals surface area contributed by atoms with Crippen molar-refractivity contribution in [3.05, 3.63) is 57.9 Å². The van der Waals surface area contributed by atoms with E-state index < -0.39 is 0 Å². The standard InChI is InChI=1S/C18H16ClN3O3S.C2H6O/c1-24-13-7-6-10(8-14(13)25-2)15(23)16-17(20)22-18(26-16)21-12-5-3-4-11(19)9-12;1-2-3/h3-9H,20H2,1-2H3,(H,21,22);3H,2H2,1H3. The maximum absolute atomic E-state index is 12.8. The largest absolute Gasteiger partial charge is 0.493 e. The highest BCUT2D eigenvalue weighted by molar-refractivity contribution is 7.18. The number of aliphatic hydroxyl groups is 1. The second-order valence-electron chi connectivity index (χ2n) is 5.58. The number of hydrogen-bond acceptors (Lipinski definition) is 8. The fraction of sp³-hybridized carbons (Fsp3) is 0.200. The fourth-order valence-corrected chi connectivity index (χ4v) is 3.40. The number of aliphatic hydroxyl groups excluding tert-OH is 1. The Morgan fingerprint density at radius 1 is 1.21 bits per heavy atom. The van der Waals surface area contributed by atoms with Crippen LogP contribution in [-0.4, -0.2) is 36.7 Å². The molecule has 9 heteroatoms. The first-order valence-corrected chi connectivity index (χ1v) is 9.79. The Labute approximate surface area is 178 Å². The SMILES string of the molecule is CCO.COc1ccc(C(=O)c2sc(Nc3cccc(Cl)c3)nc2N)cc1OC. The highest BCUT2D eigenvalue weighted by Crippen LogP contribution is 2.33. The average molecular weight is 436 g/mol. The number of benzene rings is 2. The molecule has 0 aliphatic rings. The number of halogens is 1. The molecule has 0 fully saturated rings. The smallest absolute Gasteiger partial charge is 0.206 e. The molecule has 0 spiro atoms. The summed E-state index contributed by atoms with van der Waals surface area (Å²) in [7, 11) is 3.05. The second-order valence-corrected chi connectivity index (χ2v) is 7.02. The zero-order valence-electron chi connectivity index (χ0n) is 16.2. The number of carbonyl (C=O) groups is 1. The van der Waals surface area contributed by atoms with Crippen LogP contribution in [0, 0.1) is 0 Å². The van der Waals surface area contributed by atoms with Gasteiger partial charge in [0, 0.05) is 22.9 Å². The lowest BCUT2D eigenvalue weighted by molar-refractivity contribution is 0.104. The number of nitrogens with zero attached hydrogens (tertiary/aromatic N) is 1. The van der Waals surface area contributed by atoms with Crippen molar-refractivity contribution in [1.82, 2.24) is 4.98 Å². The molecule has 29 heavy (non-hydrogen) atoms. The maximum atomic E-state index is 12.8. The molecule has 0 atom stereocenters. The van der Waals surface area contributed by atoms with Crippen molar-refractivity contribution >= 4 is 45.4 Å². The lowest BCUT2D eigenvalue weighted by atomic mass is 10.1. The number of anilines is 3. The predicted octanol–water partition coefficient (Wildman–Crippen LogP) is 4.37. The minimum absolute atomic E-state index is 0.166. The van der Waals surface area contributed by atoms with Gasteiger partial charge in [-0.05, 0) is 43.3 Å². The van der Waals surface area contributed by atoms with Gasteiger partial charge in [-0.1, -0.05) is 29.0 Å². The van der Waals surface area contributed by atoms with Crippen molar-refractivity contribution in [1.29, 1.82) is 0 Å². The van der Waals surface area contributed by atoms with Crippen LogP contribution in [0.15, 0.2) is 42.5 Å². The fourth-order valence-electron chi connectivity index (χ4n) is 2.35. The van der Waals surface area contributed by atoms with Crippen LogP contribution in [0.1, 0.15) is 22.2 Å². The number of aromatic nitrogens is 1. The van der Waals surface area contributed by atoms with Gasteiger partial charge in [-0.3, -0.25) is 4.79 Å². The van der Waals surface area contributed by atoms with Gasteiger partial charge >= 0.3 is 0 Å². The van der Waals surface area contributed by atoms with E-state index in [1.54, 1.807) is 37.3 Å². The van der Waals surface area contributed by atoms with Gasteiger partial charge in [0.1, 0.15) is 10.7 Å². The Bertz CT molecular complexity index is 978. The average Bonchev–Trinajstić information content (AvgIpc) is 3.07. The molecular weight excluding hydrogens is 414 g/mol. The molecule has 0 amide bonds. The number of ketones is 1. The van der Waals surface area contributed by atoms with Gasteiger partial charge in [0.25, 0.3) is 0 Å². The lowest BCUT2D eigenvalue weighted by Crippen LogP contribution is -2.03. The van der Waals surface area contributed by atoms with Crippen LogP contribution in [0.2, 0.25) is 5.02 Å². The van der Waals surface area contributed by atoms with Crippen molar-refractivity contribution < 1.29 is 19.4 Å². The maximum Gasteiger partial charge on any atom is 0.206 e. The van der Waals surface area contributed by atoms with E-state index in [1.165, 1.54) is 25.6 Å². The monoisotopic (exact) mass is 435 g/mol. The van der Waals surface area contributed by atoms with Gasteiger partial charge < -0.3 is 25.6 Å². The summed E-state index contributed by atoms with van der Waals surface area (Å²) in [5, 5.41) is 11.8. The second kappa shape index (κ2) is 10.7. The number of nitrogens with two attached hydrogens (primary N) is 1. The van der Waals surface area contributed by atoms with Crippen LogP contribution < -0.4 is 20.5 Å². The van der Waals surface area contributed by atoms with E-state index in [1.807, 2.05) is 12.1 Å². The Hall–Kier alpha value is -2.81. The molecule has 7 nitrogen and oxygen atoms in total. The summed E-state index contributed by atoms with van der Waals surface area (Å²) in [4.78, 5) is 17.4.